The molecule has 0 aromatic heterocycles. The molecule has 4 aliphatic rings. The molecule has 7 heteroatoms. The quantitative estimate of drug-likeness (QED) is 0.662. The van der Waals surface area contributed by atoms with Crippen LogP contribution in [0.4, 0.5) is 0 Å². The SMILES string of the molecule is CC(=O)OCC(=O)[C@@]1(O)[C@H](OC(C)=O)CC2C3CCC4=CC(=O)CC[C@]4(C)C3CC[C@@]21C. The normalized spacial score (nSPS) is 42.8. The van der Waals surface area contributed by atoms with Crippen molar-refractivity contribution < 1.29 is 33.8 Å². The van der Waals surface area contributed by atoms with Crippen LogP contribution in [0.2, 0.25) is 0 Å². The summed E-state index contributed by atoms with van der Waals surface area (Å²) in [5, 5.41) is 11.9. The van der Waals surface area contributed by atoms with Gasteiger partial charge in [-0.15, -0.1) is 0 Å². The second kappa shape index (κ2) is 7.79. The van der Waals surface area contributed by atoms with Crippen molar-refractivity contribution >= 4 is 23.5 Å². The van der Waals surface area contributed by atoms with Gasteiger partial charge in [-0.3, -0.25) is 19.2 Å². The number of ketones is 2. The highest BCUT2D eigenvalue weighted by Crippen LogP contribution is 2.68. The van der Waals surface area contributed by atoms with Crippen molar-refractivity contribution in [2.45, 2.75) is 84.3 Å². The minimum atomic E-state index is -1.90. The molecule has 176 valence electrons. The molecule has 32 heavy (non-hydrogen) atoms. The summed E-state index contributed by atoms with van der Waals surface area (Å²) >= 11 is 0. The van der Waals surface area contributed by atoms with E-state index >= 15 is 0 Å². The molecule has 0 radical (unpaired) electrons. The van der Waals surface area contributed by atoms with Crippen LogP contribution in [0.1, 0.15) is 72.6 Å². The van der Waals surface area contributed by atoms with Gasteiger partial charge < -0.3 is 14.6 Å². The number of ether oxygens (including phenoxy) is 2. The third-order valence-electron chi connectivity index (χ3n) is 9.30. The number of hydrogen-bond acceptors (Lipinski definition) is 7. The summed E-state index contributed by atoms with van der Waals surface area (Å²) in [5.41, 5.74) is -1.48. The maximum Gasteiger partial charge on any atom is 0.303 e. The molecule has 3 unspecified atom stereocenters. The van der Waals surface area contributed by atoms with Gasteiger partial charge in [-0.25, -0.2) is 0 Å². The maximum absolute atomic E-state index is 13.2. The van der Waals surface area contributed by atoms with E-state index in [9.17, 15) is 24.3 Å². The van der Waals surface area contributed by atoms with Gasteiger partial charge in [0.05, 0.1) is 0 Å². The lowest BCUT2D eigenvalue weighted by atomic mass is 9.46. The zero-order valence-electron chi connectivity index (χ0n) is 19.4. The molecule has 0 bridgehead atoms. The first-order valence-electron chi connectivity index (χ1n) is 11.7. The number of carbonyl (C=O) groups is 4. The zero-order chi connectivity index (χ0) is 23.5. The molecule has 0 spiro atoms. The second-order valence-corrected chi connectivity index (χ2v) is 10.7. The van der Waals surface area contributed by atoms with Crippen molar-refractivity contribution in [3.63, 3.8) is 0 Å². The molecule has 0 aliphatic heterocycles. The molecule has 0 aromatic carbocycles. The van der Waals surface area contributed by atoms with Crippen molar-refractivity contribution in [2.24, 2.45) is 28.6 Å². The summed E-state index contributed by atoms with van der Waals surface area (Å²) < 4.78 is 10.5. The van der Waals surface area contributed by atoms with Crippen molar-refractivity contribution in [1.29, 1.82) is 0 Å². The Bertz CT molecular complexity index is 891. The van der Waals surface area contributed by atoms with Gasteiger partial charge in [0.25, 0.3) is 0 Å². The fourth-order valence-corrected chi connectivity index (χ4v) is 7.67. The molecule has 3 fully saturated rings. The molecule has 0 heterocycles. The highest BCUT2D eigenvalue weighted by atomic mass is 16.6. The maximum atomic E-state index is 13.2. The minimum Gasteiger partial charge on any atom is -0.459 e. The Morgan fingerprint density at radius 1 is 1.06 bits per heavy atom. The molecule has 0 aromatic rings. The van der Waals surface area contributed by atoms with Gasteiger partial charge in [0.2, 0.25) is 5.78 Å². The van der Waals surface area contributed by atoms with E-state index in [0.717, 1.165) is 25.7 Å². The summed E-state index contributed by atoms with van der Waals surface area (Å²) in [7, 11) is 0. The van der Waals surface area contributed by atoms with Crippen LogP contribution >= 0.6 is 0 Å². The van der Waals surface area contributed by atoms with Crippen LogP contribution in [0.25, 0.3) is 0 Å². The average Bonchev–Trinajstić information content (AvgIpc) is 2.94. The lowest BCUT2D eigenvalue weighted by Gasteiger charge is -2.58. The highest BCUT2D eigenvalue weighted by molar-refractivity contribution is 5.92. The fourth-order valence-electron chi connectivity index (χ4n) is 7.67. The summed E-state index contributed by atoms with van der Waals surface area (Å²) in [6, 6.07) is 0. The van der Waals surface area contributed by atoms with E-state index in [0.29, 0.717) is 25.2 Å². The fraction of sp³-hybridized carbons (Fsp3) is 0.760. The summed E-state index contributed by atoms with van der Waals surface area (Å²) in [5.74, 6) is -0.922. The first-order valence-corrected chi connectivity index (χ1v) is 11.7. The lowest BCUT2D eigenvalue weighted by Crippen LogP contribution is -2.61. The molecule has 0 amide bonds. The van der Waals surface area contributed by atoms with Crippen LogP contribution < -0.4 is 0 Å². The van der Waals surface area contributed by atoms with Gasteiger partial charge in [-0.1, -0.05) is 19.4 Å². The van der Waals surface area contributed by atoms with Crippen LogP contribution in [0.15, 0.2) is 11.6 Å². The van der Waals surface area contributed by atoms with Crippen LogP contribution in [0, 0.1) is 28.6 Å². The van der Waals surface area contributed by atoms with E-state index in [1.165, 1.54) is 19.4 Å². The monoisotopic (exact) mass is 446 g/mol. The third-order valence-corrected chi connectivity index (χ3v) is 9.30. The van der Waals surface area contributed by atoms with Crippen molar-refractivity contribution in [3.8, 4) is 0 Å². The first-order chi connectivity index (χ1) is 14.9. The topological polar surface area (TPSA) is 107 Å². The first kappa shape index (κ1) is 23.1. The predicted octanol–water partition coefficient (Wildman–Crippen LogP) is 2.92. The molecule has 4 rings (SSSR count). The predicted molar refractivity (Wildman–Crippen MR) is 114 cm³/mol. The number of allylic oxidation sites excluding steroid dienone is 1. The summed E-state index contributed by atoms with van der Waals surface area (Å²) in [4.78, 5) is 48.5. The van der Waals surface area contributed by atoms with Crippen molar-refractivity contribution in [1.82, 2.24) is 0 Å². The van der Waals surface area contributed by atoms with Crippen molar-refractivity contribution in [2.75, 3.05) is 6.61 Å². The Labute approximate surface area is 188 Å². The van der Waals surface area contributed by atoms with Crippen molar-refractivity contribution in [3.05, 3.63) is 11.6 Å². The summed E-state index contributed by atoms with van der Waals surface area (Å²) in [6.45, 7) is 6.16. The van der Waals surface area contributed by atoms with E-state index in [1.807, 2.05) is 13.0 Å². The van der Waals surface area contributed by atoms with Gasteiger partial charge in [0, 0.05) is 25.7 Å². The van der Waals surface area contributed by atoms with E-state index in [-0.39, 0.29) is 23.0 Å². The molecule has 7 atom stereocenters. The van der Waals surface area contributed by atoms with E-state index < -0.39 is 41.4 Å². The van der Waals surface area contributed by atoms with Crippen LogP contribution in [-0.2, 0) is 28.7 Å². The van der Waals surface area contributed by atoms with Gasteiger partial charge in [0.1, 0.15) is 6.10 Å². The number of hydrogen-bond donors (Lipinski definition) is 1. The third kappa shape index (κ3) is 3.27. The molecule has 7 nitrogen and oxygen atoms in total. The minimum absolute atomic E-state index is 0.00659. The number of Topliss-reactive ketones (excluding diaryl/α,β-unsaturated/α-hetero) is 1. The van der Waals surface area contributed by atoms with E-state index in [1.54, 1.807) is 0 Å². The molecule has 1 N–H and O–H groups in total. The number of fused-ring (bicyclic) bond motifs is 5. The Kier molecular flexibility index (Phi) is 5.63. The van der Waals surface area contributed by atoms with Gasteiger partial charge in [-0.05, 0) is 67.8 Å². The van der Waals surface area contributed by atoms with Crippen LogP contribution in [0.3, 0.4) is 0 Å². The Hall–Kier alpha value is -2.02. The smallest absolute Gasteiger partial charge is 0.303 e. The van der Waals surface area contributed by atoms with Crippen LogP contribution in [0.5, 0.6) is 0 Å². The second-order valence-electron chi connectivity index (χ2n) is 10.7. The highest BCUT2D eigenvalue weighted by Gasteiger charge is 2.71. The average molecular weight is 447 g/mol. The Balaban J connectivity index is 1.70. The number of aliphatic hydroxyl groups is 1. The summed E-state index contributed by atoms with van der Waals surface area (Å²) in [6.07, 6.45) is 5.86. The molecule has 3 saturated carbocycles. The molecule has 4 aliphatic carbocycles. The zero-order valence-corrected chi connectivity index (χ0v) is 19.4. The van der Waals surface area contributed by atoms with Crippen LogP contribution in [-0.4, -0.2) is 46.9 Å². The van der Waals surface area contributed by atoms with E-state index in [2.05, 4.69) is 6.92 Å². The number of esters is 2. The standard InChI is InChI=1S/C25H34O7/c1-14(26)31-13-21(29)25(30)22(32-15(2)27)12-20-18-6-5-16-11-17(28)7-9-23(16,3)19(18)8-10-24(20,25)4/h11,18-20,22,30H,5-10,12-13H2,1-4H3/t18?,19?,20?,22-,23+,24+,25-/m1/s1. The Morgan fingerprint density at radius 3 is 2.44 bits per heavy atom. The van der Waals surface area contributed by atoms with E-state index in [4.69, 9.17) is 9.47 Å². The largest absolute Gasteiger partial charge is 0.459 e. The number of rotatable bonds is 4. The molecular formula is C25H34O7. The van der Waals surface area contributed by atoms with Gasteiger partial charge >= 0.3 is 11.9 Å². The molecular weight excluding hydrogens is 412 g/mol. The Morgan fingerprint density at radius 2 is 1.78 bits per heavy atom. The van der Waals surface area contributed by atoms with Gasteiger partial charge in [0.15, 0.2) is 18.0 Å². The lowest BCUT2D eigenvalue weighted by molar-refractivity contribution is -0.189. The molecule has 0 saturated heterocycles. The number of carbonyl (C=O) groups excluding carboxylic acids is 4. The van der Waals surface area contributed by atoms with Gasteiger partial charge in [-0.2, -0.15) is 0 Å².